The molecular formula is C17H17BrFNO3. The van der Waals surface area contributed by atoms with Crippen LogP contribution >= 0.6 is 15.9 Å². The first kappa shape index (κ1) is 17.3. The Labute approximate surface area is 142 Å². The van der Waals surface area contributed by atoms with Crippen LogP contribution in [-0.2, 0) is 11.3 Å². The van der Waals surface area contributed by atoms with E-state index in [0.717, 1.165) is 10.2 Å². The van der Waals surface area contributed by atoms with Crippen molar-refractivity contribution in [3.8, 4) is 11.5 Å². The lowest BCUT2D eigenvalue weighted by atomic mass is 10.2. The summed E-state index contributed by atoms with van der Waals surface area (Å²) in [5.41, 5.74) is 0.411. The molecule has 0 saturated carbocycles. The molecule has 1 amide bonds. The minimum atomic E-state index is -0.360. The Morgan fingerprint density at radius 1 is 1.13 bits per heavy atom. The molecule has 2 rings (SSSR count). The normalized spacial score (nSPS) is 10.2. The van der Waals surface area contributed by atoms with E-state index in [1.807, 2.05) is 6.92 Å². The maximum atomic E-state index is 13.6. The van der Waals surface area contributed by atoms with Crippen LogP contribution < -0.4 is 14.8 Å². The van der Waals surface area contributed by atoms with Crippen molar-refractivity contribution in [2.75, 3.05) is 13.2 Å². The predicted molar refractivity (Wildman–Crippen MR) is 89.1 cm³/mol. The van der Waals surface area contributed by atoms with Gasteiger partial charge in [-0.3, -0.25) is 4.79 Å². The highest BCUT2D eigenvalue weighted by Gasteiger charge is 2.07. The molecule has 0 spiro atoms. The van der Waals surface area contributed by atoms with Gasteiger partial charge in [0.15, 0.2) is 6.61 Å². The summed E-state index contributed by atoms with van der Waals surface area (Å²) in [5, 5.41) is 2.62. The van der Waals surface area contributed by atoms with E-state index in [1.165, 1.54) is 6.07 Å². The molecule has 0 aromatic heterocycles. The zero-order valence-corrected chi connectivity index (χ0v) is 14.2. The number of hydrogen-bond acceptors (Lipinski definition) is 3. The van der Waals surface area contributed by atoms with E-state index in [4.69, 9.17) is 9.47 Å². The number of halogens is 2. The lowest BCUT2D eigenvalue weighted by Gasteiger charge is -2.09. The average Bonchev–Trinajstić information content (AvgIpc) is 2.55. The lowest BCUT2D eigenvalue weighted by Crippen LogP contribution is -2.28. The molecule has 0 aliphatic rings. The van der Waals surface area contributed by atoms with Gasteiger partial charge in [-0.05, 0) is 49.4 Å². The highest BCUT2D eigenvalue weighted by atomic mass is 79.9. The number of ether oxygens (including phenoxy) is 2. The highest BCUT2D eigenvalue weighted by molar-refractivity contribution is 9.10. The second-order valence-corrected chi connectivity index (χ2v) is 5.62. The van der Waals surface area contributed by atoms with Gasteiger partial charge in [0, 0.05) is 16.6 Å². The number of carbonyl (C=O) groups excluding carboxylic acids is 1. The zero-order valence-electron chi connectivity index (χ0n) is 12.6. The van der Waals surface area contributed by atoms with Crippen molar-refractivity contribution in [3.63, 3.8) is 0 Å². The van der Waals surface area contributed by atoms with E-state index >= 15 is 0 Å². The molecule has 0 saturated heterocycles. The number of amides is 1. The molecule has 23 heavy (non-hydrogen) atoms. The Morgan fingerprint density at radius 3 is 2.43 bits per heavy atom. The second-order valence-electron chi connectivity index (χ2n) is 4.71. The summed E-state index contributed by atoms with van der Waals surface area (Å²) in [4.78, 5) is 11.8. The number of carbonyl (C=O) groups is 1. The minimum Gasteiger partial charge on any atom is -0.494 e. The van der Waals surface area contributed by atoms with Crippen LogP contribution in [0.15, 0.2) is 46.9 Å². The van der Waals surface area contributed by atoms with Crippen molar-refractivity contribution < 1.29 is 18.7 Å². The molecule has 0 aliphatic carbocycles. The van der Waals surface area contributed by atoms with Gasteiger partial charge in [-0.25, -0.2) is 4.39 Å². The van der Waals surface area contributed by atoms with Crippen molar-refractivity contribution in [1.82, 2.24) is 5.32 Å². The largest absolute Gasteiger partial charge is 0.494 e. The fraction of sp³-hybridized carbons (Fsp3) is 0.235. The standard InChI is InChI=1S/C17H17BrFNO3/c1-2-22-14-4-6-15(7-5-14)23-11-17(21)20-10-12-9-13(18)3-8-16(12)19/h3-9H,2,10-11H2,1H3,(H,20,21). The third-order valence-electron chi connectivity index (χ3n) is 2.99. The third kappa shape index (κ3) is 5.56. The number of hydrogen-bond donors (Lipinski definition) is 1. The fourth-order valence-corrected chi connectivity index (χ4v) is 2.28. The topological polar surface area (TPSA) is 47.6 Å². The Hall–Kier alpha value is -2.08. The van der Waals surface area contributed by atoms with Crippen LogP contribution in [0.25, 0.3) is 0 Å². The summed E-state index contributed by atoms with van der Waals surface area (Å²) in [6, 6.07) is 11.6. The van der Waals surface area contributed by atoms with E-state index in [1.54, 1.807) is 36.4 Å². The van der Waals surface area contributed by atoms with Crippen molar-refractivity contribution in [2.45, 2.75) is 13.5 Å². The molecule has 0 bridgehead atoms. The number of nitrogens with one attached hydrogen (secondary N) is 1. The van der Waals surface area contributed by atoms with E-state index in [2.05, 4.69) is 21.2 Å². The minimum absolute atomic E-state index is 0.108. The van der Waals surface area contributed by atoms with Gasteiger partial charge in [0.1, 0.15) is 17.3 Å². The SMILES string of the molecule is CCOc1ccc(OCC(=O)NCc2cc(Br)ccc2F)cc1. The third-order valence-corrected chi connectivity index (χ3v) is 3.48. The van der Waals surface area contributed by atoms with E-state index in [0.29, 0.717) is 17.9 Å². The summed E-state index contributed by atoms with van der Waals surface area (Å²) >= 11 is 3.27. The monoisotopic (exact) mass is 381 g/mol. The first-order chi connectivity index (χ1) is 11.1. The second kappa shape index (κ2) is 8.53. The molecule has 0 fully saturated rings. The Bertz CT molecular complexity index is 661. The van der Waals surface area contributed by atoms with Gasteiger partial charge in [0.2, 0.25) is 0 Å². The molecule has 122 valence electrons. The summed E-state index contributed by atoms with van der Waals surface area (Å²) < 4.78 is 25.0. The molecule has 0 atom stereocenters. The fourth-order valence-electron chi connectivity index (χ4n) is 1.87. The predicted octanol–water partition coefficient (Wildman–Crippen LogP) is 3.68. The summed E-state index contributed by atoms with van der Waals surface area (Å²) in [7, 11) is 0. The highest BCUT2D eigenvalue weighted by Crippen LogP contribution is 2.17. The van der Waals surface area contributed by atoms with Gasteiger partial charge in [-0.2, -0.15) is 0 Å². The average molecular weight is 382 g/mol. The maximum Gasteiger partial charge on any atom is 0.258 e. The maximum absolute atomic E-state index is 13.6. The molecule has 1 N–H and O–H groups in total. The number of rotatable bonds is 7. The van der Waals surface area contributed by atoms with Crippen molar-refractivity contribution in [1.29, 1.82) is 0 Å². The van der Waals surface area contributed by atoms with E-state index in [9.17, 15) is 9.18 Å². The molecular weight excluding hydrogens is 365 g/mol. The van der Waals surface area contributed by atoms with Gasteiger partial charge in [-0.1, -0.05) is 15.9 Å². The van der Waals surface area contributed by atoms with Gasteiger partial charge in [0.05, 0.1) is 6.61 Å². The van der Waals surface area contributed by atoms with Crippen molar-refractivity contribution in [3.05, 3.63) is 58.3 Å². The van der Waals surface area contributed by atoms with Crippen LogP contribution in [0.5, 0.6) is 11.5 Å². The van der Waals surface area contributed by atoms with Crippen molar-refractivity contribution >= 4 is 21.8 Å². The molecule has 0 heterocycles. The van der Waals surface area contributed by atoms with Crippen LogP contribution in [0.2, 0.25) is 0 Å². The quantitative estimate of drug-likeness (QED) is 0.795. The first-order valence-corrected chi connectivity index (χ1v) is 7.94. The van der Waals surface area contributed by atoms with Crippen LogP contribution in [0.3, 0.4) is 0 Å². The molecule has 0 radical (unpaired) electrons. The molecule has 2 aromatic carbocycles. The van der Waals surface area contributed by atoms with Gasteiger partial charge in [0.25, 0.3) is 5.91 Å². The summed E-state index contributed by atoms with van der Waals surface area (Å²) in [6.45, 7) is 2.47. The smallest absolute Gasteiger partial charge is 0.258 e. The van der Waals surface area contributed by atoms with Gasteiger partial charge in [-0.15, -0.1) is 0 Å². The van der Waals surface area contributed by atoms with Gasteiger partial charge < -0.3 is 14.8 Å². The Balaban J connectivity index is 1.79. The zero-order chi connectivity index (χ0) is 16.7. The first-order valence-electron chi connectivity index (χ1n) is 7.14. The number of benzene rings is 2. The van der Waals surface area contributed by atoms with Gasteiger partial charge >= 0.3 is 0 Å². The molecule has 0 unspecified atom stereocenters. The molecule has 2 aromatic rings. The summed E-state index contributed by atoms with van der Waals surface area (Å²) in [6.07, 6.45) is 0. The molecule has 4 nitrogen and oxygen atoms in total. The van der Waals surface area contributed by atoms with Crippen LogP contribution in [0, 0.1) is 5.82 Å². The van der Waals surface area contributed by atoms with E-state index < -0.39 is 0 Å². The van der Waals surface area contributed by atoms with E-state index in [-0.39, 0.29) is 24.9 Å². The van der Waals surface area contributed by atoms with Crippen LogP contribution in [-0.4, -0.2) is 19.1 Å². The molecule has 0 aliphatic heterocycles. The Kier molecular flexibility index (Phi) is 6.40. The van der Waals surface area contributed by atoms with Crippen LogP contribution in [0.4, 0.5) is 4.39 Å². The Morgan fingerprint density at radius 2 is 1.78 bits per heavy atom. The van der Waals surface area contributed by atoms with Crippen molar-refractivity contribution in [2.24, 2.45) is 0 Å². The van der Waals surface area contributed by atoms with Crippen LogP contribution in [0.1, 0.15) is 12.5 Å². The lowest BCUT2D eigenvalue weighted by molar-refractivity contribution is -0.123. The molecule has 6 heteroatoms. The summed E-state index contributed by atoms with van der Waals surface area (Å²) in [5.74, 6) is 0.630.